The highest BCUT2D eigenvalue weighted by Gasteiger charge is 1.98. The molecule has 0 aromatic heterocycles. The van der Waals surface area contributed by atoms with Crippen LogP contribution in [0.5, 0.6) is 0 Å². The minimum absolute atomic E-state index is 0.237. The van der Waals surface area contributed by atoms with Crippen LogP contribution in [0.2, 0.25) is 5.02 Å². The number of benzene rings is 1. The Bertz CT molecular complexity index is 293. The maximum absolute atomic E-state index is 8.58. The third kappa shape index (κ3) is 4.13. The van der Waals surface area contributed by atoms with E-state index in [4.69, 9.17) is 16.7 Å². The minimum Gasteiger partial charge on any atom is -0.396 e. The smallest absolute Gasteiger partial charge is 0.0542 e. The second kappa shape index (κ2) is 6.61. The number of aliphatic hydroxyl groups is 1. The Morgan fingerprint density at radius 3 is 2.86 bits per heavy atom. The van der Waals surface area contributed by atoms with Gasteiger partial charge in [-0.3, -0.25) is 0 Å². The second-order valence-corrected chi connectivity index (χ2v) is 4.57. The van der Waals surface area contributed by atoms with E-state index in [0.717, 1.165) is 28.1 Å². The normalized spacial score (nSPS) is 10.5. The summed E-state index contributed by atoms with van der Waals surface area (Å²) in [4.78, 5) is 0. The van der Waals surface area contributed by atoms with Gasteiger partial charge in [0.25, 0.3) is 0 Å². The van der Waals surface area contributed by atoms with Crippen molar-refractivity contribution in [1.29, 1.82) is 0 Å². The van der Waals surface area contributed by atoms with Crippen LogP contribution in [0.3, 0.4) is 0 Å². The van der Waals surface area contributed by atoms with Crippen molar-refractivity contribution in [3.05, 3.63) is 32.4 Å². The van der Waals surface area contributed by atoms with Gasteiger partial charge in [0.15, 0.2) is 0 Å². The molecule has 0 heterocycles. The summed E-state index contributed by atoms with van der Waals surface area (Å²) in [6.07, 6.45) is 0.790. The first-order valence-corrected chi connectivity index (χ1v) is 5.95. The molecule has 0 unspecified atom stereocenters. The maximum atomic E-state index is 8.58. The Kier molecular flexibility index (Phi) is 5.77. The molecule has 0 saturated carbocycles. The number of halogens is 2. The van der Waals surface area contributed by atoms with Crippen molar-refractivity contribution in [2.24, 2.45) is 0 Å². The summed E-state index contributed by atoms with van der Waals surface area (Å²) in [6, 6.07) is 6.03. The summed E-state index contributed by atoms with van der Waals surface area (Å²) in [7, 11) is 0. The molecule has 0 radical (unpaired) electrons. The fraction of sp³-hybridized carbons (Fsp3) is 0.400. The molecule has 0 amide bonds. The monoisotopic (exact) mass is 325 g/mol. The van der Waals surface area contributed by atoms with Crippen LogP contribution in [0.1, 0.15) is 12.0 Å². The van der Waals surface area contributed by atoms with E-state index in [2.05, 4.69) is 34.0 Å². The lowest BCUT2D eigenvalue weighted by molar-refractivity contribution is 0.286. The van der Waals surface area contributed by atoms with Crippen LogP contribution in [0.25, 0.3) is 0 Å². The van der Waals surface area contributed by atoms with Crippen molar-refractivity contribution >= 4 is 34.2 Å². The van der Waals surface area contributed by atoms with Gasteiger partial charge in [-0.05, 0) is 53.3 Å². The molecule has 0 aliphatic heterocycles. The molecule has 4 heteroatoms. The quantitative estimate of drug-likeness (QED) is 0.644. The Morgan fingerprint density at radius 1 is 1.43 bits per heavy atom. The molecule has 2 N–H and O–H groups in total. The molecular formula is C10H13ClINO. The number of hydrogen-bond donors (Lipinski definition) is 2. The molecule has 14 heavy (non-hydrogen) atoms. The van der Waals surface area contributed by atoms with Gasteiger partial charge in [-0.2, -0.15) is 0 Å². The van der Waals surface area contributed by atoms with Gasteiger partial charge in [-0.1, -0.05) is 17.7 Å². The summed E-state index contributed by atoms with van der Waals surface area (Å²) in [5.41, 5.74) is 1.17. The third-order valence-corrected chi connectivity index (χ3v) is 3.40. The summed E-state index contributed by atoms with van der Waals surface area (Å²) < 4.78 is 1.07. The van der Waals surface area contributed by atoms with E-state index in [-0.39, 0.29) is 6.61 Å². The molecule has 0 saturated heterocycles. The molecule has 1 aromatic rings. The molecule has 0 spiro atoms. The average molecular weight is 326 g/mol. The minimum atomic E-state index is 0.237. The van der Waals surface area contributed by atoms with Crippen molar-refractivity contribution in [2.75, 3.05) is 13.2 Å². The molecule has 0 atom stereocenters. The van der Waals surface area contributed by atoms with Crippen LogP contribution in [-0.4, -0.2) is 18.3 Å². The standard InChI is InChI=1S/C10H13ClINO/c11-9-6-8(2-3-10(9)12)7-13-4-1-5-14/h2-3,6,13-14H,1,4-5,7H2. The summed E-state index contributed by atoms with van der Waals surface area (Å²) in [5.74, 6) is 0. The Balaban J connectivity index is 2.39. The van der Waals surface area contributed by atoms with Crippen molar-refractivity contribution in [2.45, 2.75) is 13.0 Å². The number of aliphatic hydroxyl groups excluding tert-OH is 1. The number of hydrogen-bond acceptors (Lipinski definition) is 2. The zero-order chi connectivity index (χ0) is 10.4. The predicted octanol–water partition coefficient (Wildman–Crippen LogP) is 2.42. The molecular weight excluding hydrogens is 312 g/mol. The zero-order valence-electron chi connectivity index (χ0n) is 7.76. The average Bonchev–Trinajstić information content (AvgIpc) is 2.18. The van der Waals surface area contributed by atoms with Gasteiger partial charge >= 0.3 is 0 Å². The van der Waals surface area contributed by atoms with Gasteiger partial charge in [0, 0.05) is 16.7 Å². The van der Waals surface area contributed by atoms with Gasteiger partial charge in [0.1, 0.15) is 0 Å². The number of nitrogens with one attached hydrogen (secondary N) is 1. The lowest BCUT2D eigenvalue weighted by Gasteiger charge is -2.04. The van der Waals surface area contributed by atoms with Gasteiger partial charge < -0.3 is 10.4 Å². The molecule has 0 aliphatic rings. The molecule has 0 aliphatic carbocycles. The van der Waals surface area contributed by atoms with E-state index in [1.165, 1.54) is 5.56 Å². The molecule has 0 fully saturated rings. The highest BCUT2D eigenvalue weighted by Crippen LogP contribution is 2.19. The fourth-order valence-electron chi connectivity index (χ4n) is 1.09. The van der Waals surface area contributed by atoms with Crippen LogP contribution in [-0.2, 0) is 6.54 Å². The van der Waals surface area contributed by atoms with Crippen molar-refractivity contribution in [3.63, 3.8) is 0 Å². The second-order valence-electron chi connectivity index (χ2n) is 3.00. The van der Waals surface area contributed by atoms with Gasteiger partial charge in [0.2, 0.25) is 0 Å². The van der Waals surface area contributed by atoms with Gasteiger partial charge in [0.05, 0.1) is 5.02 Å². The van der Waals surface area contributed by atoms with Gasteiger partial charge in [-0.15, -0.1) is 0 Å². The van der Waals surface area contributed by atoms with Crippen molar-refractivity contribution < 1.29 is 5.11 Å². The van der Waals surface area contributed by atoms with Crippen molar-refractivity contribution in [3.8, 4) is 0 Å². The summed E-state index contributed by atoms with van der Waals surface area (Å²) >= 11 is 8.19. The Morgan fingerprint density at radius 2 is 2.21 bits per heavy atom. The van der Waals surface area contributed by atoms with Crippen LogP contribution in [0, 0.1) is 3.57 Å². The topological polar surface area (TPSA) is 32.3 Å². The first-order chi connectivity index (χ1) is 6.74. The third-order valence-electron chi connectivity index (χ3n) is 1.82. The first kappa shape index (κ1) is 12.2. The van der Waals surface area contributed by atoms with Crippen molar-refractivity contribution in [1.82, 2.24) is 5.32 Å². The van der Waals surface area contributed by atoms with Crippen LogP contribution < -0.4 is 5.32 Å². The highest BCUT2D eigenvalue weighted by molar-refractivity contribution is 14.1. The van der Waals surface area contributed by atoms with Crippen LogP contribution in [0.4, 0.5) is 0 Å². The van der Waals surface area contributed by atoms with Crippen LogP contribution in [0.15, 0.2) is 18.2 Å². The number of rotatable bonds is 5. The molecule has 1 aromatic carbocycles. The van der Waals surface area contributed by atoms with Gasteiger partial charge in [-0.25, -0.2) is 0 Å². The maximum Gasteiger partial charge on any atom is 0.0542 e. The van der Waals surface area contributed by atoms with E-state index in [9.17, 15) is 0 Å². The van der Waals surface area contributed by atoms with E-state index < -0.39 is 0 Å². The Hall–Kier alpha value is 0.160. The fourth-order valence-corrected chi connectivity index (χ4v) is 1.63. The van der Waals surface area contributed by atoms with E-state index in [0.29, 0.717) is 0 Å². The predicted molar refractivity (Wildman–Crippen MR) is 67.6 cm³/mol. The SMILES string of the molecule is OCCCNCc1ccc(I)c(Cl)c1. The zero-order valence-corrected chi connectivity index (χ0v) is 10.7. The lowest BCUT2D eigenvalue weighted by Crippen LogP contribution is -2.15. The Labute approximate surface area is 103 Å². The molecule has 0 bridgehead atoms. The largest absolute Gasteiger partial charge is 0.396 e. The highest BCUT2D eigenvalue weighted by atomic mass is 127. The van der Waals surface area contributed by atoms with Crippen LogP contribution >= 0.6 is 34.2 Å². The molecule has 78 valence electrons. The van der Waals surface area contributed by atoms with E-state index in [1.807, 2.05) is 12.1 Å². The molecule has 1 rings (SSSR count). The summed E-state index contributed by atoms with van der Waals surface area (Å²) in [6.45, 7) is 1.87. The summed E-state index contributed by atoms with van der Waals surface area (Å²) in [5, 5.41) is 12.6. The first-order valence-electron chi connectivity index (χ1n) is 4.49. The van der Waals surface area contributed by atoms with E-state index in [1.54, 1.807) is 0 Å². The van der Waals surface area contributed by atoms with E-state index >= 15 is 0 Å². The lowest BCUT2D eigenvalue weighted by atomic mass is 10.2. The molecule has 2 nitrogen and oxygen atoms in total.